The number of hydrogen-bond acceptors (Lipinski definition) is 4. The van der Waals surface area contributed by atoms with Crippen LogP contribution in [0.2, 0.25) is 5.02 Å². The molecule has 1 aromatic rings. The van der Waals surface area contributed by atoms with Crippen molar-refractivity contribution in [3.8, 4) is 0 Å². The number of hydrogen-bond donors (Lipinski definition) is 1. The van der Waals surface area contributed by atoms with E-state index < -0.39 is 10.0 Å². The standard InChI is InChI=1S/C14H19ClN4O2S/c1-3-11-9-17-19(10-11)14(16-4-2)18-22(20,21)13-7-5-6-12(15)8-13/h5-9,11H,3-4,10H2,1-2H3,(H,16,18)/t11-/m1/s1. The molecule has 120 valence electrons. The fourth-order valence-corrected chi connectivity index (χ4v) is 3.32. The number of sulfonamides is 1. The topological polar surface area (TPSA) is 74.1 Å². The van der Waals surface area contributed by atoms with Gasteiger partial charge >= 0.3 is 0 Å². The summed E-state index contributed by atoms with van der Waals surface area (Å²) >= 11 is 5.86. The molecule has 1 N–H and O–H groups in total. The Morgan fingerprint density at radius 1 is 1.50 bits per heavy atom. The van der Waals surface area contributed by atoms with E-state index >= 15 is 0 Å². The van der Waals surface area contributed by atoms with Gasteiger partial charge in [0.15, 0.2) is 0 Å². The molecule has 22 heavy (non-hydrogen) atoms. The maximum Gasteiger partial charge on any atom is 0.264 e. The van der Waals surface area contributed by atoms with Crippen LogP contribution in [0, 0.1) is 5.92 Å². The van der Waals surface area contributed by atoms with Gasteiger partial charge in [0.1, 0.15) is 0 Å². The number of benzene rings is 1. The van der Waals surface area contributed by atoms with Crippen LogP contribution in [0.4, 0.5) is 0 Å². The molecular formula is C14H19ClN4O2S. The third-order valence-corrected chi connectivity index (χ3v) is 4.79. The predicted octanol–water partition coefficient (Wildman–Crippen LogP) is 2.32. The van der Waals surface area contributed by atoms with Crippen molar-refractivity contribution in [3.63, 3.8) is 0 Å². The predicted molar refractivity (Wildman–Crippen MR) is 88.7 cm³/mol. The lowest BCUT2D eigenvalue weighted by Crippen LogP contribution is -2.41. The summed E-state index contributed by atoms with van der Waals surface area (Å²) in [5, 5.41) is 6.17. The molecule has 0 spiro atoms. The van der Waals surface area contributed by atoms with E-state index in [-0.39, 0.29) is 10.9 Å². The molecule has 0 fully saturated rings. The molecule has 1 heterocycles. The van der Waals surface area contributed by atoms with Crippen molar-refractivity contribution in [1.82, 2.24) is 9.73 Å². The summed E-state index contributed by atoms with van der Waals surface area (Å²) in [7, 11) is -3.75. The average Bonchev–Trinajstić information content (AvgIpc) is 2.95. The molecular weight excluding hydrogens is 324 g/mol. The Morgan fingerprint density at radius 2 is 2.27 bits per heavy atom. The molecule has 0 amide bonds. The minimum Gasteiger partial charge on any atom is -0.251 e. The minimum atomic E-state index is -3.75. The van der Waals surface area contributed by atoms with E-state index in [0.29, 0.717) is 24.0 Å². The summed E-state index contributed by atoms with van der Waals surface area (Å²) in [4.78, 5) is 4.31. The molecule has 8 heteroatoms. The molecule has 0 saturated carbocycles. The van der Waals surface area contributed by atoms with E-state index in [1.807, 2.05) is 13.1 Å². The van der Waals surface area contributed by atoms with Gasteiger partial charge < -0.3 is 0 Å². The number of aliphatic imine (C=N–C) groups is 1. The molecule has 1 atom stereocenters. The van der Waals surface area contributed by atoms with Crippen LogP contribution in [0.3, 0.4) is 0 Å². The van der Waals surface area contributed by atoms with Crippen LogP contribution >= 0.6 is 11.6 Å². The first-order chi connectivity index (χ1) is 10.5. The lowest BCUT2D eigenvalue weighted by atomic mass is 10.1. The second-order valence-electron chi connectivity index (χ2n) is 4.88. The van der Waals surface area contributed by atoms with Gasteiger partial charge in [-0.1, -0.05) is 24.6 Å². The molecule has 0 aliphatic carbocycles. The van der Waals surface area contributed by atoms with Gasteiger partial charge in [0.25, 0.3) is 10.0 Å². The summed E-state index contributed by atoms with van der Waals surface area (Å²) in [6.07, 6.45) is 2.76. The van der Waals surface area contributed by atoms with Crippen LogP contribution in [-0.2, 0) is 10.0 Å². The highest BCUT2D eigenvalue weighted by atomic mass is 35.5. The lowest BCUT2D eigenvalue weighted by Gasteiger charge is -2.19. The first-order valence-corrected chi connectivity index (χ1v) is 8.96. The van der Waals surface area contributed by atoms with Crippen LogP contribution in [-0.4, -0.2) is 38.7 Å². The molecule has 0 aromatic heterocycles. The van der Waals surface area contributed by atoms with E-state index in [4.69, 9.17) is 11.6 Å². The SMILES string of the molecule is CCN=C(NS(=O)(=O)c1cccc(Cl)c1)N1C[C@H](CC)C=N1. The Hall–Kier alpha value is -1.60. The number of nitrogens with one attached hydrogen (secondary N) is 1. The molecule has 0 bridgehead atoms. The Labute approximate surface area is 135 Å². The number of hydrazone groups is 1. The number of guanidine groups is 1. The fourth-order valence-electron chi connectivity index (χ4n) is 2.00. The van der Waals surface area contributed by atoms with E-state index in [1.54, 1.807) is 17.1 Å². The molecule has 1 aliphatic rings. The quantitative estimate of drug-likeness (QED) is 0.674. The summed E-state index contributed by atoms with van der Waals surface area (Å²) < 4.78 is 27.4. The van der Waals surface area contributed by atoms with Gasteiger partial charge in [-0.15, -0.1) is 0 Å². The largest absolute Gasteiger partial charge is 0.264 e. The van der Waals surface area contributed by atoms with Crippen molar-refractivity contribution in [1.29, 1.82) is 0 Å². The highest BCUT2D eigenvalue weighted by Crippen LogP contribution is 2.16. The van der Waals surface area contributed by atoms with Crippen LogP contribution in [0.25, 0.3) is 0 Å². The lowest BCUT2D eigenvalue weighted by molar-refractivity contribution is 0.429. The van der Waals surface area contributed by atoms with Crippen molar-refractivity contribution in [2.24, 2.45) is 16.0 Å². The van der Waals surface area contributed by atoms with E-state index in [9.17, 15) is 8.42 Å². The van der Waals surface area contributed by atoms with Crippen LogP contribution in [0.5, 0.6) is 0 Å². The van der Waals surface area contributed by atoms with Crippen LogP contribution in [0.15, 0.2) is 39.3 Å². The fraction of sp³-hybridized carbons (Fsp3) is 0.429. The maximum absolute atomic E-state index is 12.4. The Balaban J connectivity index is 2.21. The van der Waals surface area contributed by atoms with E-state index in [0.717, 1.165) is 6.42 Å². The van der Waals surface area contributed by atoms with Crippen LogP contribution < -0.4 is 4.72 Å². The highest BCUT2D eigenvalue weighted by Gasteiger charge is 2.24. The molecule has 1 aromatic carbocycles. The zero-order chi connectivity index (χ0) is 16.2. The molecule has 6 nitrogen and oxygen atoms in total. The second-order valence-corrected chi connectivity index (χ2v) is 6.99. The summed E-state index contributed by atoms with van der Waals surface area (Å²) in [5.41, 5.74) is 0. The van der Waals surface area contributed by atoms with Gasteiger partial charge in [-0.2, -0.15) is 5.10 Å². The van der Waals surface area contributed by atoms with Gasteiger partial charge in [-0.25, -0.2) is 18.1 Å². The summed E-state index contributed by atoms with van der Waals surface area (Å²) in [6.45, 7) is 4.97. The van der Waals surface area contributed by atoms with Crippen LogP contribution in [0.1, 0.15) is 20.3 Å². The maximum atomic E-state index is 12.4. The Kier molecular flexibility index (Phi) is 5.42. The minimum absolute atomic E-state index is 0.0963. The van der Waals surface area contributed by atoms with Crippen molar-refractivity contribution < 1.29 is 8.42 Å². The smallest absolute Gasteiger partial charge is 0.251 e. The zero-order valence-corrected chi connectivity index (χ0v) is 14.1. The third kappa shape index (κ3) is 3.98. The van der Waals surface area contributed by atoms with Gasteiger partial charge in [0, 0.05) is 23.7 Å². The Bertz CT molecular complexity index is 688. The van der Waals surface area contributed by atoms with Gasteiger partial charge in [0.2, 0.25) is 5.96 Å². The van der Waals surface area contributed by atoms with Crippen molar-refractivity contribution in [2.75, 3.05) is 13.1 Å². The summed E-state index contributed by atoms with van der Waals surface area (Å²) in [6, 6.07) is 6.10. The van der Waals surface area contributed by atoms with Gasteiger partial charge in [-0.05, 0) is 31.5 Å². The number of halogens is 1. The first-order valence-electron chi connectivity index (χ1n) is 7.10. The molecule has 0 saturated heterocycles. The van der Waals surface area contributed by atoms with Gasteiger partial charge in [-0.3, -0.25) is 4.99 Å². The highest BCUT2D eigenvalue weighted by molar-refractivity contribution is 7.90. The molecule has 1 aliphatic heterocycles. The number of nitrogens with zero attached hydrogens (tertiary/aromatic N) is 3. The monoisotopic (exact) mass is 342 g/mol. The van der Waals surface area contributed by atoms with Crippen molar-refractivity contribution in [2.45, 2.75) is 25.2 Å². The van der Waals surface area contributed by atoms with Gasteiger partial charge in [0.05, 0.1) is 11.4 Å². The zero-order valence-electron chi connectivity index (χ0n) is 12.5. The van der Waals surface area contributed by atoms with E-state index in [2.05, 4.69) is 21.7 Å². The third-order valence-electron chi connectivity index (χ3n) is 3.23. The summed E-state index contributed by atoms with van der Waals surface area (Å²) in [5.74, 6) is 0.535. The van der Waals surface area contributed by atoms with Crippen molar-refractivity contribution >= 4 is 33.8 Å². The van der Waals surface area contributed by atoms with Crippen molar-refractivity contribution in [3.05, 3.63) is 29.3 Å². The molecule has 0 radical (unpaired) electrons. The molecule has 0 unspecified atom stereocenters. The average molecular weight is 343 g/mol. The molecule has 2 rings (SSSR count). The van der Waals surface area contributed by atoms with E-state index in [1.165, 1.54) is 12.1 Å². The normalized spacial score (nSPS) is 18.8. The Morgan fingerprint density at radius 3 is 2.86 bits per heavy atom. The number of rotatable bonds is 4. The second kappa shape index (κ2) is 7.11. The first kappa shape index (κ1) is 16.8.